The van der Waals surface area contributed by atoms with Crippen LogP contribution in [0.3, 0.4) is 0 Å². The normalized spacial score (nSPS) is 18.2. The van der Waals surface area contributed by atoms with Gasteiger partial charge in [0.05, 0.1) is 0 Å². The smallest absolute Gasteiger partial charge is 0.332 e. The lowest BCUT2D eigenvalue weighted by Crippen LogP contribution is -2.48. The lowest BCUT2D eigenvalue weighted by Gasteiger charge is -2.41. The zero-order chi connectivity index (χ0) is 10.9. The molecule has 3 heteroatoms. The zero-order valence-corrected chi connectivity index (χ0v) is 10.8. The SMILES string of the molecule is C=C1C=C(C)N(C(C)C)[Si]N1C(C)C. The third kappa shape index (κ3) is 2.21. The van der Waals surface area contributed by atoms with Crippen LogP contribution in [0.25, 0.3) is 0 Å². The summed E-state index contributed by atoms with van der Waals surface area (Å²) in [5, 5.41) is 0. The molecule has 0 saturated heterocycles. The molecule has 0 amide bonds. The summed E-state index contributed by atoms with van der Waals surface area (Å²) in [4.78, 5) is 0. The molecule has 0 bridgehead atoms. The maximum Gasteiger partial charge on any atom is 0.332 e. The van der Waals surface area contributed by atoms with Crippen LogP contribution >= 0.6 is 0 Å². The standard InChI is InChI=1S/C11H20N2Si/c1-8(2)12-10(5)7-11(6)13(14-12)9(3)4/h7-9H,5H2,1-4,6H3. The minimum Gasteiger partial charge on any atom is -0.381 e. The van der Waals surface area contributed by atoms with Crippen molar-refractivity contribution in [2.45, 2.75) is 46.7 Å². The first-order valence-corrected chi connectivity index (χ1v) is 6.05. The summed E-state index contributed by atoms with van der Waals surface area (Å²) in [7, 11) is 0.704. The lowest BCUT2D eigenvalue weighted by molar-refractivity contribution is 0.357. The number of hydrogen-bond acceptors (Lipinski definition) is 2. The highest BCUT2D eigenvalue weighted by Crippen LogP contribution is 2.21. The lowest BCUT2D eigenvalue weighted by atomic mass is 10.3. The molecule has 2 nitrogen and oxygen atoms in total. The van der Waals surface area contributed by atoms with E-state index < -0.39 is 0 Å². The van der Waals surface area contributed by atoms with Crippen LogP contribution in [0.2, 0.25) is 0 Å². The molecule has 78 valence electrons. The first-order chi connectivity index (χ1) is 6.43. The highest BCUT2D eigenvalue weighted by molar-refractivity contribution is 6.30. The predicted octanol–water partition coefficient (Wildman–Crippen LogP) is 2.37. The Morgan fingerprint density at radius 3 is 2.07 bits per heavy atom. The highest BCUT2D eigenvalue weighted by atomic mass is 28.2. The van der Waals surface area contributed by atoms with Crippen molar-refractivity contribution >= 4 is 9.84 Å². The topological polar surface area (TPSA) is 6.48 Å². The minimum atomic E-state index is 0.534. The van der Waals surface area contributed by atoms with Gasteiger partial charge in [0.2, 0.25) is 0 Å². The van der Waals surface area contributed by atoms with Crippen molar-refractivity contribution in [2.75, 3.05) is 0 Å². The molecule has 2 radical (unpaired) electrons. The first-order valence-electron chi connectivity index (χ1n) is 5.15. The summed E-state index contributed by atoms with van der Waals surface area (Å²) in [5.41, 5.74) is 2.48. The third-order valence-electron chi connectivity index (χ3n) is 2.31. The summed E-state index contributed by atoms with van der Waals surface area (Å²) >= 11 is 0. The zero-order valence-electron chi connectivity index (χ0n) is 9.83. The monoisotopic (exact) mass is 208 g/mol. The molecule has 0 spiro atoms. The quantitative estimate of drug-likeness (QED) is 0.643. The summed E-state index contributed by atoms with van der Waals surface area (Å²) < 4.78 is 4.78. The molecule has 0 saturated carbocycles. The van der Waals surface area contributed by atoms with E-state index in [0.717, 1.165) is 5.70 Å². The van der Waals surface area contributed by atoms with Gasteiger partial charge in [-0.25, -0.2) is 0 Å². The number of hydrogen-bond donors (Lipinski definition) is 0. The van der Waals surface area contributed by atoms with Gasteiger partial charge >= 0.3 is 9.84 Å². The van der Waals surface area contributed by atoms with Crippen molar-refractivity contribution in [1.29, 1.82) is 0 Å². The van der Waals surface area contributed by atoms with Crippen LogP contribution < -0.4 is 0 Å². The van der Waals surface area contributed by atoms with Gasteiger partial charge in [0.15, 0.2) is 0 Å². The van der Waals surface area contributed by atoms with Crippen molar-refractivity contribution in [3.05, 3.63) is 24.0 Å². The van der Waals surface area contributed by atoms with E-state index in [1.165, 1.54) is 5.70 Å². The van der Waals surface area contributed by atoms with Gasteiger partial charge in [0, 0.05) is 23.5 Å². The van der Waals surface area contributed by atoms with Crippen molar-refractivity contribution in [3.63, 3.8) is 0 Å². The van der Waals surface area contributed by atoms with Gasteiger partial charge in [-0.2, -0.15) is 0 Å². The van der Waals surface area contributed by atoms with Crippen LogP contribution in [0.15, 0.2) is 24.0 Å². The fraction of sp³-hybridized carbons (Fsp3) is 0.636. The highest BCUT2D eigenvalue weighted by Gasteiger charge is 2.24. The van der Waals surface area contributed by atoms with Gasteiger partial charge in [-0.05, 0) is 40.7 Å². The summed E-state index contributed by atoms with van der Waals surface area (Å²) in [6.07, 6.45) is 2.18. The molecule has 14 heavy (non-hydrogen) atoms. The second-order valence-electron chi connectivity index (χ2n) is 4.30. The summed E-state index contributed by atoms with van der Waals surface area (Å²) in [6.45, 7) is 15.1. The molecule has 0 aromatic rings. The molecule has 0 atom stereocenters. The van der Waals surface area contributed by atoms with Gasteiger partial charge in [-0.3, -0.25) is 0 Å². The minimum absolute atomic E-state index is 0.534. The molecule has 0 N–H and O–H groups in total. The summed E-state index contributed by atoms with van der Waals surface area (Å²) in [5.74, 6) is 0. The Morgan fingerprint density at radius 1 is 1.14 bits per heavy atom. The van der Waals surface area contributed by atoms with Gasteiger partial charge in [0.1, 0.15) is 0 Å². The molecular weight excluding hydrogens is 188 g/mol. The van der Waals surface area contributed by atoms with Crippen molar-refractivity contribution in [2.24, 2.45) is 0 Å². The fourth-order valence-electron chi connectivity index (χ4n) is 1.61. The fourth-order valence-corrected chi connectivity index (χ4v) is 2.72. The average molecular weight is 208 g/mol. The predicted molar refractivity (Wildman–Crippen MR) is 62.6 cm³/mol. The van der Waals surface area contributed by atoms with E-state index in [-0.39, 0.29) is 0 Å². The van der Waals surface area contributed by atoms with Crippen LogP contribution in [0.1, 0.15) is 34.6 Å². The van der Waals surface area contributed by atoms with Gasteiger partial charge in [0.25, 0.3) is 0 Å². The van der Waals surface area contributed by atoms with E-state index in [1.807, 2.05) is 0 Å². The maximum absolute atomic E-state index is 4.09. The van der Waals surface area contributed by atoms with Crippen LogP contribution in [0.5, 0.6) is 0 Å². The third-order valence-corrected chi connectivity index (χ3v) is 4.42. The van der Waals surface area contributed by atoms with E-state index in [4.69, 9.17) is 0 Å². The molecular formula is C11H20N2Si. The Morgan fingerprint density at radius 2 is 1.64 bits per heavy atom. The molecule has 0 unspecified atom stereocenters. The van der Waals surface area contributed by atoms with Crippen molar-refractivity contribution in [3.8, 4) is 0 Å². The van der Waals surface area contributed by atoms with Crippen LogP contribution in [-0.2, 0) is 0 Å². The number of allylic oxidation sites excluding steroid dienone is 2. The maximum atomic E-state index is 4.09. The van der Waals surface area contributed by atoms with E-state index >= 15 is 0 Å². The molecule has 0 aromatic carbocycles. The second-order valence-corrected chi connectivity index (χ2v) is 5.47. The average Bonchev–Trinajstić information content (AvgIpc) is 2.02. The van der Waals surface area contributed by atoms with Crippen molar-refractivity contribution in [1.82, 2.24) is 9.13 Å². The molecule has 1 aliphatic heterocycles. The second kappa shape index (κ2) is 4.21. The largest absolute Gasteiger partial charge is 0.381 e. The van der Waals surface area contributed by atoms with Crippen molar-refractivity contribution < 1.29 is 0 Å². The molecule has 0 aromatic heterocycles. The number of rotatable bonds is 2. The van der Waals surface area contributed by atoms with Crippen LogP contribution in [0.4, 0.5) is 0 Å². The van der Waals surface area contributed by atoms with Crippen LogP contribution in [0, 0.1) is 0 Å². The van der Waals surface area contributed by atoms with Gasteiger partial charge < -0.3 is 9.13 Å². The Labute approximate surface area is 90.3 Å². The Balaban J connectivity index is 2.86. The van der Waals surface area contributed by atoms with E-state index in [9.17, 15) is 0 Å². The van der Waals surface area contributed by atoms with E-state index in [0.29, 0.717) is 21.9 Å². The Hall–Kier alpha value is -0.703. The van der Waals surface area contributed by atoms with E-state index in [2.05, 4.69) is 56.4 Å². The summed E-state index contributed by atoms with van der Waals surface area (Å²) in [6, 6.07) is 1.10. The molecule has 0 fully saturated rings. The molecule has 1 heterocycles. The molecule has 1 rings (SSSR count). The number of nitrogens with zero attached hydrogens (tertiary/aromatic N) is 2. The Bertz CT molecular complexity index is 256. The van der Waals surface area contributed by atoms with E-state index in [1.54, 1.807) is 0 Å². The van der Waals surface area contributed by atoms with Crippen LogP contribution in [-0.4, -0.2) is 31.1 Å². The first kappa shape index (κ1) is 11.4. The molecule has 0 aliphatic carbocycles. The molecule has 1 aliphatic rings. The van der Waals surface area contributed by atoms with Gasteiger partial charge in [-0.1, -0.05) is 6.58 Å². The Kier molecular flexibility index (Phi) is 3.42. The van der Waals surface area contributed by atoms with Gasteiger partial charge in [-0.15, -0.1) is 0 Å².